The number of quaternary nitrogens is 1. The number of amides is 1. The molecule has 0 aliphatic carbocycles. The number of hydrogen-bond donors (Lipinski definition) is 2. The molecule has 1 aromatic heterocycles. The fraction of sp³-hybridized carbons (Fsp3) is 0.360. The Labute approximate surface area is 196 Å². The maximum atomic E-state index is 13.9. The summed E-state index contributed by atoms with van der Waals surface area (Å²) in [5.74, 6) is -0.131. The molecule has 6 nitrogen and oxygen atoms in total. The summed E-state index contributed by atoms with van der Waals surface area (Å²) < 4.78 is 42.7. The highest BCUT2D eigenvalue weighted by atomic mass is 19.4. The van der Waals surface area contributed by atoms with Crippen LogP contribution in [0.2, 0.25) is 0 Å². The van der Waals surface area contributed by atoms with E-state index in [0.29, 0.717) is 13.1 Å². The van der Waals surface area contributed by atoms with E-state index in [-0.39, 0.29) is 23.7 Å². The molecule has 9 heteroatoms. The molecule has 178 valence electrons. The Balaban J connectivity index is 1.33. The molecular weight excluding hydrogens is 443 g/mol. The highest BCUT2D eigenvalue weighted by molar-refractivity contribution is 5.99. The Morgan fingerprint density at radius 2 is 1.68 bits per heavy atom. The van der Waals surface area contributed by atoms with E-state index in [0.717, 1.165) is 29.9 Å². The van der Waals surface area contributed by atoms with Gasteiger partial charge in [0.05, 0.1) is 38.4 Å². The summed E-state index contributed by atoms with van der Waals surface area (Å²) in [6, 6.07) is 16.9. The number of hydrogen-bond acceptors (Lipinski definition) is 3. The van der Waals surface area contributed by atoms with E-state index in [4.69, 9.17) is 0 Å². The van der Waals surface area contributed by atoms with E-state index in [1.165, 1.54) is 16.7 Å². The highest BCUT2D eigenvalue weighted by Gasteiger charge is 2.47. The van der Waals surface area contributed by atoms with Crippen molar-refractivity contribution in [3.8, 4) is 0 Å². The van der Waals surface area contributed by atoms with Crippen molar-refractivity contribution in [1.82, 2.24) is 14.7 Å². The number of fused-ring (bicyclic) bond motifs is 1. The minimum Gasteiger partial charge on any atom is -0.363 e. The van der Waals surface area contributed by atoms with Gasteiger partial charge in [0.2, 0.25) is 0 Å². The SMILES string of the molecule is O=C(c1cnn2c1N[C@@H](c1ccccc1)C[C@H]2C(F)(F)F)N1CC[NH+](Cc2ccccc2)CC1. The van der Waals surface area contributed by atoms with Gasteiger partial charge in [0.15, 0.2) is 6.04 Å². The van der Waals surface area contributed by atoms with Crippen molar-refractivity contribution in [3.05, 3.63) is 83.6 Å². The Bertz CT molecular complexity index is 1120. The third-order valence-corrected chi connectivity index (χ3v) is 6.73. The highest BCUT2D eigenvalue weighted by Crippen LogP contribution is 2.44. The van der Waals surface area contributed by atoms with E-state index >= 15 is 0 Å². The van der Waals surface area contributed by atoms with E-state index in [9.17, 15) is 18.0 Å². The topological polar surface area (TPSA) is 54.6 Å². The van der Waals surface area contributed by atoms with Crippen LogP contribution in [0.4, 0.5) is 19.0 Å². The van der Waals surface area contributed by atoms with Crippen LogP contribution in [0.3, 0.4) is 0 Å². The average molecular weight is 471 g/mol. The molecule has 2 aliphatic heterocycles. The van der Waals surface area contributed by atoms with Gasteiger partial charge in [-0.05, 0) is 5.56 Å². The van der Waals surface area contributed by atoms with Crippen molar-refractivity contribution in [3.63, 3.8) is 0 Å². The van der Waals surface area contributed by atoms with Crippen molar-refractivity contribution in [2.45, 2.75) is 31.2 Å². The Hall–Kier alpha value is -3.33. The second-order valence-electron chi connectivity index (χ2n) is 8.96. The van der Waals surface area contributed by atoms with Crippen LogP contribution in [0.1, 0.15) is 40.0 Å². The molecule has 2 aromatic carbocycles. The number of halogens is 3. The molecular formula is C25H27F3N5O+. The minimum absolute atomic E-state index is 0.145. The second-order valence-corrected chi connectivity index (χ2v) is 8.96. The summed E-state index contributed by atoms with van der Waals surface area (Å²) in [6.45, 7) is 3.57. The van der Waals surface area contributed by atoms with Crippen LogP contribution >= 0.6 is 0 Å². The van der Waals surface area contributed by atoms with Gasteiger partial charge in [-0.3, -0.25) is 4.79 Å². The van der Waals surface area contributed by atoms with Crippen LogP contribution in [0.5, 0.6) is 0 Å². The number of anilines is 1. The van der Waals surface area contributed by atoms with Crippen molar-refractivity contribution < 1.29 is 22.9 Å². The molecule has 2 aliphatic rings. The zero-order valence-electron chi connectivity index (χ0n) is 18.6. The van der Waals surface area contributed by atoms with Gasteiger partial charge in [0, 0.05) is 12.0 Å². The molecule has 3 aromatic rings. The number of piperazine rings is 1. The first kappa shape index (κ1) is 22.5. The Morgan fingerprint density at radius 3 is 2.32 bits per heavy atom. The summed E-state index contributed by atoms with van der Waals surface area (Å²) in [5, 5.41) is 7.17. The van der Waals surface area contributed by atoms with Gasteiger partial charge in [-0.1, -0.05) is 60.7 Å². The molecule has 1 saturated heterocycles. The Kier molecular flexibility index (Phi) is 6.03. The Morgan fingerprint density at radius 1 is 1.03 bits per heavy atom. The van der Waals surface area contributed by atoms with Gasteiger partial charge < -0.3 is 15.1 Å². The second kappa shape index (κ2) is 9.13. The summed E-state index contributed by atoms with van der Waals surface area (Å²) in [6.07, 6.45) is -3.38. The van der Waals surface area contributed by atoms with Crippen molar-refractivity contribution in [1.29, 1.82) is 0 Å². The van der Waals surface area contributed by atoms with Gasteiger partial charge in [0.1, 0.15) is 17.9 Å². The average Bonchev–Trinajstić information content (AvgIpc) is 3.28. The lowest BCUT2D eigenvalue weighted by Gasteiger charge is -2.35. The summed E-state index contributed by atoms with van der Waals surface area (Å²) >= 11 is 0. The molecule has 0 saturated carbocycles. The molecule has 34 heavy (non-hydrogen) atoms. The maximum Gasteiger partial charge on any atom is 0.410 e. The maximum absolute atomic E-state index is 13.9. The molecule has 0 radical (unpaired) electrons. The third kappa shape index (κ3) is 4.52. The van der Waals surface area contributed by atoms with Gasteiger partial charge >= 0.3 is 6.18 Å². The van der Waals surface area contributed by atoms with Gasteiger partial charge in [-0.2, -0.15) is 18.3 Å². The lowest BCUT2D eigenvalue weighted by molar-refractivity contribution is -0.917. The summed E-state index contributed by atoms with van der Waals surface area (Å²) in [4.78, 5) is 16.4. The molecule has 0 spiro atoms. The monoisotopic (exact) mass is 470 g/mol. The van der Waals surface area contributed by atoms with E-state index in [2.05, 4.69) is 22.5 Å². The first-order chi connectivity index (χ1) is 16.4. The van der Waals surface area contributed by atoms with Crippen LogP contribution in [0, 0.1) is 0 Å². The number of carbonyl (C=O) groups is 1. The zero-order chi connectivity index (χ0) is 23.7. The van der Waals surface area contributed by atoms with Crippen LogP contribution in [0.15, 0.2) is 66.9 Å². The lowest BCUT2D eigenvalue weighted by atomic mass is 9.96. The number of rotatable bonds is 4. The van der Waals surface area contributed by atoms with Crippen molar-refractivity contribution in [2.75, 3.05) is 31.5 Å². The predicted molar refractivity (Wildman–Crippen MR) is 121 cm³/mol. The lowest BCUT2D eigenvalue weighted by Crippen LogP contribution is -3.13. The zero-order valence-corrected chi connectivity index (χ0v) is 18.6. The first-order valence-electron chi connectivity index (χ1n) is 11.5. The number of alkyl halides is 3. The quantitative estimate of drug-likeness (QED) is 0.616. The summed E-state index contributed by atoms with van der Waals surface area (Å²) in [7, 11) is 0. The smallest absolute Gasteiger partial charge is 0.363 e. The first-order valence-corrected chi connectivity index (χ1v) is 11.5. The van der Waals surface area contributed by atoms with Crippen molar-refractivity contribution >= 4 is 11.7 Å². The fourth-order valence-corrected chi connectivity index (χ4v) is 4.88. The van der Waals surface area contributed by atoms with Crippen LogP contribution in [-0.2, 0) is 6.54 Å². The molecule has 2 atom stereocenters. The fourth-order valence-electron chi connectivity index (χ4n) is 4.88. The standard InChI is InChI=1S/C25H26F3N5O/c26-25(27,28)22-15-21(19-9-5-2-6-10-19)30-23-20(16-29-33(22)23)24(34)32-13-11-31(12-14-32)17-18-7-3-1-4-8-18/h1-10,16,21-22,30H,11-15,17H2/p+1/t21-,22+/m1/s1. The molecule has 0 unspecified atom stereocenters. The number of benzene rings is 2. The molecule has 5 rings (SSSR count). The number of aromatic nitrogens is 2. The number of nitrogens with one attached hydrogen (secondary N) is 2. The number of nitrogens with zero attached hydrogens (tertiary/aromatic N) is 3. The summed E-state index contributed by atoms with van der Waals surface area (Å²) in [5.41, 5.74) is 2.19. The van der Waals surface area contributed by atoms with Gasteiger partial charge in [-0.25, -0.2) is 4.68 Å². The van der Waals surface area contributed by atoms with E-state index < -0.39 is 18.3 Å². The van der Waals surface area contributed by atoms with Gasteiger partial charge in [0.25, 0.3) is 5.91 Å². The largest absolute Gasteiger partial charge is 0.410 e. The van der Waals surface area contributed by atoms with Crippen LogP contribution < -0.4 is 10.2 Å². The van der Waals surface area contributed by atoms with E-state index in [1.807, 2.05) is 24.3 Å². The van der Waals surface area contributed by atoms with Crippen LogP contribution in [-0.4, -0.2) is 52.9 Å². The normalized spacial score (nSPS) is 21.1. The molecule has 0 bridgehead atoms. The molecule has 3 heterocycles. The van der Waals surface area contributed by atoms with Crippen LogP contribution in [0.25, 0.3) is 0 Å². The molecule has 2 N–H and O–H groups in total. The molecule has 1 amide bonds. The minimum atomic E-state index is -4.47. The van der Waals surface area contributed by atoms with Gasteiger partial charge in [-0.15, -0.1) is 0 Å². The van der Waals surface area contributed by atoms with Crippen molar-refractivity contribution in [2.24, 2.45) is 0 Å². The third-order valence-electron chi connectivity index (χ3n) is 6.73. The van der Waals surface area contributed by atoms with E-state index in [1.54, 1.807) is 29.2 Å². The predicted octanol–water partition coefficient (Wildman–Crippen LogP) is 3.08. The molecule has 1 fully saturated rings. The number of carbonyl (C=O) groups excluding carboxylic acids is 1.